The van der Waals surface area contributed by atoms with E-state index in [1.54, 1.807) is 18.3 Å². The van der Waals surface area contributed by atoms with E-state index >= 15 is 0 Å². The van der Waals surface area contributed by atoms with Gasteiger partial charge in [0.2, 0.25) is 6.10 Å². The molecule has 1 aliphatic rings. The lowest BCUT2D eigenvalue weighted by molar-refractivity contribution is -0.198. The number of oxime groups is 1. The normalized spacial score (nSPS) is 16.8. The second kappa shape index (κ2) is 9.04. The predicted octanol–water partition coefficient (Wildman–Crippen LogP) is 4.81. The topological polar surface area (TPSA) is 59.9 Å². The van der Waals surface area contributed by atoms with E-state index in [0.717, 1.165) is 34.7 Å². The monoisotopic (exact) mass is 422 g/mol. The molecule has 9 heteroatoms. The Labute approximate surface area is 169 Å². The number of nitrogens with one attached hydrogen (secondary N) is 1. The summed E-state index contributed by atoms with van der Waals surface area (Å²) >= 11 is 0.814. The Bertz CT molecular complexity index is 927. The van der Waals surface area contributed by atoms with Crippen LogP contribution in [0.5, 0.6) is 0 Å². The largest absolute Gasteiger partial charge is 0.486 e. The first-order valence-corrected chi connectivity index (χ1v) is 9.49. The van der Waals surface area contributed by atoms with Gasteiger partial charge in [-0.15, -0.1) is 11.8 Å². The Morgan fingerprint density at radius 2 is 1.97 bits per heavy atom. The van der Waals surface area contributed by atoms with Crippen molar-refractivity contribution in [2.75, 3.05) is 18.2 Å². The molecule has 0 spiro atoms. The van der Waals surface area contributed by atoms with Crippen molar-refractivity contribution < 1.29 is 27.5 Å². The summed E-state index contributed by atoms with van der Waals surface area (Å²) < 4.78 is 42.7. The summed E-state index contributed by atoms with van der Waals surface area (Å²) in [6, 6.07) is 14.6. The number of benzene rings is 2. The maximum Gasteiger partial charge on any atom is 0.426 e. The molecular formula is C20H17F3N2O3S. The summed E-state index contributed by atoms with van der Waals surface area (Å²) in [6.07, 6.45) is -3.93. The minimum absolute atomic E-state index is 0.0893. The molecule has 0 saturated heterocycles. The number of rotatable bonds is 5. The Morgan fingerprint density at radius 3 is 2.59 bits per heavy atom. The molecule has 0 aliphatic carbocycles. The standard InChI is InChI=1S/C20H17F3N2O3S/c1-27-24-10-13-6-8-14(9-7-13)15-4-2-3-5-16(15)25-19(26)17-11-28-18(12-29-17)20(21,22)23/h2-11,18H,12H2,1H3,(H,25,26). The number of carbonyl (C=O) groups excluding carboxylic acids is 1. The molecule has 1 atom stereocenters. The quantitative estimate of drug-likeness (QED) is 0.555. The molecule has 0 bridgehead atoms. The first-order chi connectivity index (χ1) is 13.9. The van der Waals surface area contributed by atoms with Crippen LogP contribution in [0.2, 0.25) is 0 Å². The zero-order valence-corrected chi connectivity index (χ0v) is 16.1. The number of ether oxygens (including phenoxy) is 1. The first kappa shape index (κ1) is 20.8. The highest BCUT2D eigenvalue weighted by molar-refractivity contribution is 8.04. The van der Waals surface area contributed by atoms with Crippen molar-refractivity contribution in [3.8, 4) is 11.1 Å². The molecule has 2 aromatic rings. The lowest BCUT2D eigenvalue weighted by atomic mass is 10.0. The van der Waals surface area contributed by atoms with Crippen molar-refractivity contribution in [3.05, 3.63) is 65.3 Å². The van der Waals surface area contributed by atoms with Crippen LogP contribution in [-0.4, -0.2) is 37.3 Å². The molecule has 0 saturated carbocycles. The third-order valence-corrected chi connectivity index (χ3v) is 5.08. The van der Waals surface area contributed by atoms with Crippen molar-refractivity contribution in [2.24, 2.45) is 5.16 Å². The molecule has 0 radical (unpaired) electrons. The van der Waals surface area contributed by atoms with E-state index in [1.807, 2.05) is 36.4 Å². The van der Waals surface area contributed by atoms with Gasteiger partial charge in [0.05, 0.1) is 6.21 Å². The van der Waals surface area contributed by atoms with Gasteiger partial charge < -0.3 is 14.9 Å². The van der Waals surface area contributed by atoms with Gasteiger partial charge in [0, 0.05) is 17.0 Å². The van der Waals surface area contributed by atoms with Crippen molar-refractivity contribution in [1.29, 1.82) is 0 Å². The van der Waals surface area contributed by atoms with E-state index in [9.17, 15) is 18.0 Å². The Kier molecular flexibility index (Phi) is 6.48. The van der Waals surface area contributed by atoms with Gasteiger partial charge in [-0.05, 0) is 17.2 Å². The highest BCUT2D eigenvalue weighted by Crippen LogP contribution is 2.34. The lowest BCUT2D eigenvalue weighted by Crippen LogP contribution is -2.35. The fraction of sp³-hybridized carbons (Fsp3) is 0.200. The molecule has 1 amide bonds. The number of hydrogen-bond donors (Lipinski definition) is 1. The van der Waals surface area contributed by atoms with Crippen LogP contribution >= 0.6 is 11.8 Å². The molecule has 0 fully saturated rings. The fourth-order valence-corrected chi connectivity index (χ4v) is 3.47. The van der Waals surface area contributed by atoms with Gasteiger partial charge in [-0.2, -0.15) is 13.2 Å². The summed E-state index contributed by atoms with van der Waals surface area (Å²) in [5, 5.41) is 6.45. The van der Waals surface area contributed by atoms with Crippen LogP contribution in [0.4, 0.5) is 18.9 Å². The number of carbonyl (C=O) groups is 1. The van der Waals surface area contributed by atoms with Crippen LogP contribution in [0.1, 0.15) is 5.56 Å². The van der Waals surface area contributed by atoms with Gasteiger partial charge >= 0.3 is 6.18 Å². The van der Waals surface area contributed by atoms with E-state index in [2.05, 4.69) is 20.0 Å². The molecule has 3 rings (SSSR count). The summed E-state index contributed by atoms with van der Waals surface area (Å²) in [4.78, 5) is 17.2. The molecule has 2 aromatic carbocycles. The van der Waals surface area contributed by atoms with Gasteiger partial charge in [0.1, 0.15) is 18.3 Å². The van der Waals surface area contributed by atoms with Crippen molar-refractivity contribution in [3.63, 3.8) is 0 Å². The smallest absolute Gasteiger partial charge is 0.426 e. The number of alkyl halides is 3. The number of para-hydroxylation sites is 1. The zero-order chi connectivity index (χ0) is 20.9. The van der Waals surface area contributed by atoms with Gasteiger partial charge in [0.25, 0.3) is 5.91 Å². The molecule has 1 unspecified atom stereocenters. The number of thioether (sulfide) groups is 1. The second-order valence-corrected chi connectivity index (χ2v) is 7.06. The van der Waals surface area contributed by atoms with Crippen molar-refractivity contribution in [2.45, 2.75) is 12.3 Å². The summed E-state index contributed by atoms with van der Waals surface area (Å²) in [6.45, 7) is 0. The summed E-state index contributed by atoms with van der Waals surface area (Å²) in [5.41, 5.74) is 3.01. The van der Waals surface area contributed by atoms with E-state index in [4.69, 9.17) is 0 Å². The first-order valence-electron chi connectivity index (χ1n) is 8.51. The highest BCUT2D eigenvalue weighted by Gasteiger charge is 2.43. The summed E-state index contributed by atoms with van der Waals surface area (Å²) in [7, 11) is 1.46. The SMILES string of the molecule is CON=Cc1ccc(-c2ccccc2NC(=O)C2=COC(C(F)(F)F)CS2)cc1. The fourth-order valence-electron chi connectivity index (χ4n) is 2.56. The van der Waals surface area contributed by atoms with Crippen molar-refractivity contribution >= 4 is 29.6 Å². The molecule has 1 heterocycles. The van der Waals surface area contributed by atoms with E-state index < -0.39 is 18.2 Å². The van der Waals surface area contributed by atoms with Crippen LogP contribution in [-0.2, 0) is 14.4 Å². The maximum atomic E-state index is 12.7. The number of nitrogens with zero attached hydrogens (tertiary/aromatic N) is 1. The predicted molar refractivity (Wildman–Crippen MR) is 107 cm³/mol. The second-order valence-electron chi connectivity index (χ2n) is 6.00. The average Bonchev–Trinajstić information content (AvgIpc) is 2.72. The minimum Gasteiger partial charge on any atom is -0.486 e. The third-order valence-electron chi connectivity index (χ3n) is 4.02. The zero-order valence-electron chi connectivity index (χ0n) is 15.3. The van der Waals surface area contributed by atoms with Crippen molar-refractivity contribution in [1.82, 2.24) is 0 Å². The van der Waals surface area contributed by atoms with E-state index in [1.165, 1.54) is 7.11 Å². The average molecular weight is 422 g/mol. The van der Waals surface area contributed by atoms with E-state index in [0.29, 0.717) is 5.69 Å². The number of hydrogen-bond acceptors (Lipinski definition) is 5. The molecule has 29 heavy (non-hydrogen) atoms. The molecule has 5 nitrogen and oxygen atoms in total. The van der Waals surface area contributed by atoms with Gasteiger partial charge in [0.15, 0.2) is 0 Å². The Balaban J connectivity index is 1.75. The number of anilines is 1. The minimum atomic E-state index is -4.46. The van der Waals surface area contributed by atoms with Crippen LogP contribution < -0.4 is 5.32 Å². The Morgan fingerprint density at radius 1 is 1.24 bits per heavy atom. The number of halogens is 3. The molecule has 1 aliphatic heterocycles. The Hall–Kier alpha value is -2.94. The van der Waals surface area contributed by atoms with E-state index in [-0.39, 0.29) is 10.7 Å². The molecule has 152 valence electrons. The van der Waals surface area contributed by atoms with Gasteiger partial charge in [-0.3, -0.25) is 4.79 Å². The van der Waals surface area contributed by atoms with Crippen LogP contribution in [0.3, 0.4) is 0 Å². The van der Waals surface area contributed by atoms with Gasteiger partial charge in [-0.1, -0.05) is 47.6 Å². The molecule has 0 aromatic heterocycles. The summed E-state index contributed by atoms with van der Waals surface area (Å²) in [5.74, 6) is -0.888. The maximum absolute atomic E-state index is 12.7. The van der Waals surface area contributed by atoms with Crippen LogP contribution in [0.15, 0.2) is 64.9 Å². The third kappa shape index (κ3) is 5.32. The molecule has 1 N–H and O–H groups in total. The van der Waals surface area contributed by atoms with Crippen LogP contribution in [0, 0.1) is 0 Å². The highest BCUT2D eigenvalue weighted by atomic mass is 32.2. The van der Waals surface area contributed by atoms with Crippen LogP contribution in [0.25, 0.3) is 11.1 Å². The molecular weight excluding hydrogens is 405 g/mol. The number of amides is 1. The lowest BCUT2D eigenvalue weighted by Gasteiger charge is -2.24. The van der Waals surface area contributed by atoms with Gasteiger partial charge in [-0.25, -0.2) is 0 Å².